The van der Waals surface area contributed by atoms with Crippen molar-refractivity contribution in [3.05, 3.63) is 30.1 Å². The van der Waals surface area contributed by atoms with Crippen LogP contribution in [0, 0.1) is 0 Å². The minimum Gasteiger partial charge on any atom is -0.373 e. The Labute approximate surface area is 77.9 Å². The highest BCUT2D eigenvalue weighted by molar-refractivity contribution is 5.12. The summed E-state index contributed by atoms with van der Waals surface area (Å²) in [5.41, 5.74) is 7.00. The molecule has 0 aromatic carbocycles. The molecular formula is C10H14N2O. The quantitative estimate of drug-likeness (QED) is 0.704. The lowest BCUT2D eigenvalue weighted by Crippen LogP contribution is -2.30. The molecule has 0 radical (unpaired) electrons. The zero-order valence-electron chi connectivity index (χ0n) is 7.52. The van der Waals surface area contributed by atoms with Gasteiger partial charge in [0.15, 0.2) is 0 Å². The van der Waals surface area contributed by atoms with Gasteiger partial charge in [-0.1, -0.05) is 6.07 Å². The molecule has 0 aliphatic carbocycles. The molecule has 1 saturated heterocycles. The fourth-order valence-electron chi connectivity index (χ4n) is 1.62. The highest BCUT2D eigenvalue weighted by atomic mass is 16.5. The summed E-state index contributed by atoms with van der Waals surface area (Å²) in [6.45, 7) is 0.765. The van der Waals surface area contributed by atoms with Crippen LogP contribution in [0.4, 0.5) is 0 Å². The van der Waals surface area contributed by atoms with Gasteiger partial charge in [-0.2, -0.15) is 0 Å². The molecule has 1 fully saturated rings. The standard InChI is InChI=1S/C10H14N2O/c11-9-3-5-13-10(6-9)8-2-1-4-12-7-8/h1-2,4,7,9-10H,3,5-6,11H2/t9-,10+/m0/s1. The summed E-state index contributed by atoms with van der Waals surface area (Å²) < 4.78 is 5.61. The predicted molar refractivity (Wildman–Crippen MR) is 50.1 cm³/mol. The first-order valence-electron chi connectivity index (χ1n) is 4.63. The van der Waals surface area contributed by atoms with E-state index in [-0.39, 0.29) is 12.1 Å². The smallest absolute Gasteiger partial charge is 0.0854 e. The Morgan fingerprint density at radius 3 is 3.15 bits per heavy atom. The molecule has 0 spiro atoms. The van der Waals surface area contributed by atoms with Crippen LogP contribution in [0.2, 0.25) is 0 Å². The van der Waals surface area contributed by atoms with Gasteiger partial charge in [0.1, 0.15) is 0 Å². The Kier molecular flexibility index (Phi) is 2.57. The van der Waals surface area contributed by atoms with Crippen LogP contribution < -0.4 is 5.73 Å². The minimum absolute atomic E-state index is 0.150. The van der Waals surface area contributed by atoms with Crippen LogP contribution in [-0.4, -0.2) is 17.6 Å². The number of rotatable bonds is 1. The summed E-state index contributed by atoms with van der Waals surface area (Å²) >= 11 is 0. The second-order valence-corrected chi connectivity index (χ2v) is 3.43. The number of aromatic nitrogens is 1. The molecule has 2 rings (SSSR count). The largest absolute Gasteiger partial charge is 0.373 e. The Morgan fingerprint density at radius 2 is 2.46 bits per heavy atom. The topological polar surface area (TPSA) is 48.1 Å². The van der Waals surface area contributed by atoms with E-state index in [0.29, 0.717) is 0 Å². The van der Waals surface area contributed by atoms with Gasteiger partial charge in [0.2, 0.25) is 0 Å². The van der Waals surface area contributed by atoms with Crippen molar-refractivity contribution in [3.8, 4) is 0 Å². The van der Waals surface area contributed by atoms with Crippen molar-refractivity contribution in [2.45, 2.75) is 25.0 Å². The van der Waals surface area contributed by atoms with E-state index < -0.39 is 0 Å². The molecule has 2 heterocycles. The number of hydrogen-bond acceptors (Lipinski definition) is 3. The van der Waals surface area contributed by atoms with Crippen molar-refractivity contribution in [2.75, 3.05) is 6.61 Å². The van der Waals surface area contributed by atoms with Crippen molar-refractivity contribution in [3.63, 3.8) is 0 Å². The lowest BCUT2D eigenvalue weighted by atomic mass is 9.99. The van der Waals surface area contributed by atoms with Crippen LogP contribution in [0.1, 0.15) is 24.5 Å². The van der Waals surface area contributed by atoms with Crippen molar-refractivity contribution in [1.82, 2.24) is 4.98 Å². The maximum Gasteiger partial charge on any atom is 0.0854 e. The van der Waals surface area contributed by atoms with Gasteiger partial charge < -0.3 is 10.5 Å². The van der Waals surface area contributed by atoms with Gasteiger partial charge in [-0.05, 0) is 24.5 Å². The van der Waals surface area contributed by atoms with Crippen LogP contribution in [0.3, 0.4) is 0 Å². The molecule has 0 unspecified atom stereocenters. The monoisotopic (exact) mass is 178 g/mol. The molecule has 0 bridgehead atoms. The molecule has 1 aromatic rings. The third-order valence-electron chi connectivity index (χ3n) is 2.38. The van der Waals surface area contributed by atoms with Gasteiger partial charge >= 0.3 is 0 Å². The van der Waals surface area contributed by atoms with Crippen LogP contribution >= 0.6 is 0 Å². The van der Waals surface area contributed by atoms with Crippen LogP contribution in [0.5, 0.6) is 0 Å². The average Bonchev–Trinajstić information content (AvgIpc) is 2.19. The van der Waals surface area contributed by atoms with Crippen LogP contribution in [0.25, 0.3) is 0 Å². The average molecular weight is 178 g/mol. The summed E-state index contributed by atoms with van der Waals surface area (Å²) in [5, 5.41) is 0. The van der Waals surface area contributed by atoms with Crippen molar-refractivity contribution < 1.29 is 4.74 Å². The fourth-order valence-corrected chi connectivity index (χ4v) is 1.62. The van der Waals surface area contributed by atoms with Crippen molar-refractivity contribution in [1.29, 1.82) is 0 Å². The van der Waals surface area contributed by atoms with Gasteiger partial charge in [-0.25, -0.2) is 0 Å². The van der Waals surface area contributed by atoms with Gasteiger partial charge in [-0.15, -0.1) is 0 Å². The predicted octanol–water partition coefficient (Wildman–Crippen LogP) is 1.26. The fraction of sp³-hybridized carbons (Fsp3) is 0.500. The molecule has 3 heteroatoms. The van der Waals surface area contributed by atoms with Gasteiger partial charge in [-0.3, -0.25) is 4.98 Å². The highest BCUT2D eigenvalue weighted by Gasteiger charge is 2.20. The van der Waals surface area contributed by atoms with E-state index in [9.17, 15) is 0 Å². The second-order valence-electron chi connectivity index (χ2n) is 3.43. The molecule has 3 nitrogen and oxygen atoms in total. The first-order chi connectivity index (χ1) is 6.36. The van der Waals surface area contributed by atoms with E-state index in [1.165, 1.54) is 0 Å². The molecule has 1 aliphatic rings. The summed E-state index contributed by atoms with van der Waals surface area (Å²) in [7, 11) is 0. The first-order valence-corrected chi connectivity index (χ1v) is 4.63. The lowest BCUT2D eigenvalue weighted by molar-refractivity contribution is 0.00648. The number of ether oxygens (including phenoxy) is 1. The maximum absolute atomic E-state index is 5.86. The normalized spacial score (nSPS) is 28.7. The third-order valence-corrected chi connectivity index (χ3v) is 2.38. The minimum atomic E-state index is 0.150. The lowest BCUT2D eigenvalue weighted by Gasteiger charge is -2.27. The van der Waals surface area contributed by atoms with E-state index in [4.69, 9.17) is 10.5 Å². The number of nitrogens with zero attached hydrogens (tertiary/aromatic N) is 1. The molecule has 1 aliphatic heterocycles. The first kappa shape index (κ1) is 8.66. The Bertz CT molecular complexity index is 263. The van der Waals surface area contributed by atoms with Crippen LogP contribution in [-0.2, 0) is 4.74 Å². The van der Waals surface area contributed by atoms with Crippen molar-refractivity contribution >= 4 is 0 Å². The highest BCUT2D eigenvalue weighted by Crippen LogP contribution is 2.26. The van der Waals surface area contributed by atoms with E-state index in [0.717, 1.165) is 25.0 Å². The SMILES string of the molecule is N[C@H]1CCO[C@@H](c2cccnc2)C1. The number of hydrogen-bond donors (Lipinski definition) is 1. The summed E-state index contributed by atoms with van der Waals surface area (Å²) in [6.07, 6.45) is 5.65. The number of pyridine rings is 1. The Hall–Kier alpha value is -0.930. The van der Waals surface area contributed by atoms with Crippen molar-refractivity contribution in [2.24, 2.45) is 5.73 Å². The second kappa shape index (κ2) is 3.85. The molecular weight excluding hydrogens is 164 g/mol. The van der Waals surface area contributed by atoms with E-state index >= 15 is 0 Å². The Balaban J connectivity index is 2.08. The molecule has 0 saturated carbocycles. The molecule has 2 atom stereocenters. The third kappa shape index (κ3) is 2.05. The summed E-state index contributed by atoms with van der Waals surface area (Å²) in [6, 6.07) is 4.24. The van der Waals surface area contributed by atoms with Gasteiger partial charge in [0.25, 0.3) is 0 Å². The zero-order chi connectivity index (χ0) is 9.10. The molecule has 70 valence electrons. The number of nitrogens with two attached hydrogens (primary N) is 1. The van der Waals surface area contributed by atoms with E-state index in [2.05, 4.69) is 4.98 Å². The summed E-state index contributed by atoms with van der Waals surface area (Å²) in [4.78, 5) is 4.06. The molecule has 0 amide bonds. The van der Waals surface area contributed by atoms with E-state index in [1.807, 2.05) is 18.3 Å². The van der Waals surface area contributed by atoms with Gasteiger partial charge in [0, 0.05) is 25.0 Å². The van der Waals surface area contributed by atoms with Gasteiger partial charge in [0.05, 0.1) is 6.10 Å². The van der Waals surface area contributed by atoms with Crippen LogP contribution in [0.15, 0.2) is 24.5 Å². The molecule has 2 N–H and O–H groups in total. The summed E-state index contributed by atoms with van der Waals surface area (Å²) in [5.74, 6) is 0. The molecule has 13 heavy (non-hydrogen) atoms. The molecule has 1 aromatic heterocycles. The van der Waals surface area contributed by atoms with E-state index in [1.54, 1.807) is 6.20 Å². The maximum atomic E-state index is 5.86. The Morgan fingerprint density at radius 1 is 1.54 bits per heavy atom. The zero-order valence-corrected chi connectivity index (χ0v) is 7.52.